The van der Waals surface area contributed by atoms with Crippen LogP contribution in [0.1, 0.15) is 43.6 Å². The van der Waals surface area contributed by atoms with E-state index in [4.69, 9.17) is 0 Å². The van der Waals surface area contributed by atoms with E-state index < -0.39 is 10.0 Å². The van der Waals surface area contributed by atoms with Crippen molar-refractivity contribution in [3.05, 3.63) is 53.6 Å². The molecule has 3 rings (SSSR count). The van der Waals surface area contributed by atoms with Crippen LogP contribution in [0.25, 0.3) is 11.0 Å². The van der Waals surface area contributed by atoms with Crippen LogP contribution in [0.3, 0.4) is 0 Å². The lowest BCUT2D eigenvalue weighted by atomic mass is 10.1. The summed E-state index contributed by atoms with van der Waals surface area (Å²) >= 11 is 1.40. The Balaban J connectivity index is 1.94. The van der Waals surface area contributed by atoms with Gasteiger partial charge in [0.25, 0.3) is 0 Å². The first-order valence-electron chi connectivity index (χ1n) is 10.5. The van der Waals surface area contributed by atoms with Gasteiger partial charge in [-0.3, -0.25) is 4.79 Å². The van der Waals surface area contributed by atoms with Crippen molar-refractivity contribution in [1.82, 2.24) is 13.9 Å². The maximum atomic E-state index is 12.9. The second-order valence-electron chi connectivity index (χ2n) is 7.37. The van der Waals surface area contributed by atoms with Gasteiger partial charge in [-0.1, -0.05) is 55.4 Å². The highest BCUT2D eigenvalue weighted by Gasteiger charge is 2.24. The third-order valence-corrected chi connectivity index (χ3v) is 8.47. The zero-order chi connectivity index (χ0) is 22.8. The predicted molar refractivity (Wildman–Crippen MR) is 126 cm³/mol. The van der Waals surface area contributed by atoms with E-state index in [9.17, 15) is 13.2 Å². The van der Waals surface area contributed by atoms with Crippen LogP contribution >= 0.6 is 11.8 Å². The van der Waals surface area contributed by atoms with Crippen molar-refractivity contribution in [3.63, 3.8) is 0 Å². The van der Waals surface area contributed by atoms with Crippen molar-refractivity contribution >= 4 is 38.6 Å². The Labute approximate surface area is 188 Å². The van der Waals surface area contributed by atoms with Crippen LogP contribution in [-0.2, 0) is 16.6 Å². The molecule has 0 aliphatic rings. The maximum absolute atomic E-state index is 12.9. The van der Waals surface area contributed by atoms with Gasteiger partial charge in [0.05, 0.1) is 21.2 Å². The molecule has 6 nitrogen and oxygen atoms in total. The number of carbonyl (C=O) groups excluding carboxylic acids is 1. The third kappa shape index (κ3) is 4.71. The number of hydrogen-bond donors (Lipinski definition) is 0. The number of ketones is 1. The zero-order valence-corrected chi connectivity index (χ0v) is 20.3. The molecular formula is C23H29N3O3S2. The summed E-state index contributed by atoms with van der Waals surface area (Å²) < 4.78 is 29.2. The summed E-state index contributed by atoms with van der Waals surface area (Å²) in [4.78, 5) is 17.8. The first kappa shape index (κ1) is 23.5. The van der Waals surface area contributed by atoms with Gasteiger partial charge in [-0.2, -0.15) is 4.31 Å². The van der Waals surface area contributed by atoms with Gasteiger partial charge in [-0.15, -0.1) is 0 Å². The number of nitrogens with zero attached hydrogens (tertiary/aromatic N) is 3. The molecule has 0 amide bonds. The number of hydrogen-bond acceptors (Lipinski definition) is 5. The van der Waals surface area contributed by atoms with Crippen molar-refractivity contribution in [2.45, 2.75) is 56.5 Å². The van der Waals surface area contributed by atoms with E-state index in [1.807, 2.05) is 63.5 Å². The van der Waals surface area contributed by atoms with Crippen molar-refractivity contribution in [1.29, 1.82) is 0 Å². The standard InChI is InChI=1S/C23H29N3O3S2/c1-6-25(7-2)31(28,29)19-13-14-21-20(15-19)24-23(26(21)8-3)30-17(5)22(27)18-11-9-16(4)10-12-18/h9-15,17H,6-8H2,1-5H3. The topological polar surface area (TPSA) is 72.3 Å². The van der Waals surface area contributed by atoms with E-state index >= 15 is 0 Å². The number of aryl methyl sites for hydroxylation is 2. The fourth-order valence-corrected chi connectivity index (χ4v) is 6.06. The molecule has 1 unspecified atom stereocenters. The lowest BCUT2D eigenvalue weighted by Gasteiger charge is -2.18. The van der Waals surface area contributed by atoms with Gasteiger partial charge in [0.1, 0.15) is 0 Å². The summed E-state index contributed by atoms with van der Waals surface area (Å²) in [7, 11) is -3.56. The summed E-state index contributed by atoms with van der Waals surface area (Å²) in [5.74, 6) is 0.0458. The molecule has 1 atom stereocenters. The monoisotopic (exact) mass is 459 g/mol. The number of thioether (sulfide) groups is 1. The van der Waals surface area contributed by atoms with Crippen LogP contribution in [0.15, 0.2) is 52.5 Å². The zero-order valence-electron chi connectivity index (χ0n) is 18.6. The first-order valence-corrected chi connectivity index (χ1v) is 12.8. The van der Waals surface area contributed by atoms with Crippen LogP contribution in [0.4, 0.5) is 0 Å². The SMILES string of the molecule is CCN(CC)S(=O)(=O)c1ccc2c(c1)nc(SC(C)C(=O)c1ccc(C)cc1)n2CC. The molecule has 2 aromatic carbocycles. The van der Waals surface area contributed by atoms with Gasteiger partial charge >= 0.3 is 0 Å². The number of benzene rings is 2. The quantitative estimate of drug-likeness (QED) is 0.341. The Kier molecular flexibility index (Phi) is 7.24. The van der Waals surface area contributed by atoms with Gasteiger partial charge < -0.3 is 4.57 Å². The second kappa shape index (κ2) is 9.54. The number of carbonyl (C=O) groups is 1. The molecule has 8 heteroatoms. The Morgan fingerprint density at radius 3 is 2.32 bits per heavy atom. The molecule has 0 aliphatic carbocycles. The minimum atomic E-state index is -3.56. The number of fused-ring (bicyclic) bond motifs is 1. The number of Topliss-reactive ketones (excluding diaryl/α,β-unsaturated/α-hetero) is 1. The van der Waals surface area contributed by atoms with Crippen LogP contribution in [0, 0.1) is 6.92 Å². The highest BCUT2D eigenvalue weighted by molar-refractivity contribution is 8.00. The van der Waals surface area contributed by atoms with Crippen LogP contribution in [-0.4, -0.2) is 46.4 Å². The van der Waals surface area contributed by atoms with Gasteiger partial charge in [0.15, 0.2) is 10.9 Å². The Morgan fingerprint density at radius 2 is 1.74 bits per heavy atom. The Hall–Kier alpha value is -2.16. The first-order chi connectivity index (χ1) is 14.7. The molecule has 31 heavy (non-hydrogen) atoms. The molecule has 0 spiro atoms. The molecule has 0 fully saturated rings. The van der Waals surface area contributed by atoms with E-state index in [0.29, 0.717) is 35.9 Å². The van der Waals surface area contributed by atoms with Crippen LogP contribution < -0.4 is 0 Å². The Morgan fingerprint density at radius 1 is 1.10 bits per heavy atom. The highest BCUT2D eigenvalue weighted by Crippen LogP contribution is 2.30. The minimum absolute atomic E-state index is 0.0458. The van der Waals surface area contributed by atoms with E-state index in [0.717, 1.165) is 11.1 Å². The van der Waals surface area contributed by atoms with Gasteiger partial charge in [-0.25, -0.2) is 13.4 Å². The fourth-order valence-electron chi connectivity index (χ4n) is 3.52. The smallest absolute Gasteiger partial charge is 0.243 e. The molecule has 0 saturated heterocycles. The van der Waals surface area contributed by atoms with Gasteiger partial charge in [0, 0.05) is 25.2 Å². The molecular weight excluding hydrogens is 430 g/mol. The average Bonchev–Trinajstić information content (AvgIpc) is 3.10. The van der Waals surface area contributed by atoms with E-state index in [1.165, 1.54) is 16.1 Å². The molecule has 166 valence electrons. The number of imidazole rings is 1. The van der Waals surface area contributed by atoms with Gasteiger partial charge in [0.2, 0.25) is 10.0 Å². The molecule has 3 aromatic rings. The summed E-state index contributed by atoms with van der Waals surface area (Å²) in [5, 5.41) is 0.395. The largest absolute Gasteiger partial charge is 0.319 e. The number of sulfonamides is 1. The third-order valence-electron chi connectivity index (χ3n) is 5.33. The highest BCUT2D eigenvalue weighted by atomic mass is 32.2. The molecule has 0 radical (unpaired) electrons. The molecule has 0 aliphatic heterocycles. The van der Waals surface area contributed by atoms with Crippen molar-refractivity contribution in [2.75, 3.05) is 13.1 Å². The van der Waals surface area contributed by atoms with E-state index in [-0.39, 0.29) is 15.9 Å². The normalized spacial score (nSPS) is 13.1. The average molecular weight is 460 g/mol. The molecule has 1 aromatic heterocycles. The summed E-state index contributed by atoms with van der Waals surface area (Å²) in [6.07, 6.45) is 0. The summed E-state index contributed by atoms with van der Waals surface area (Å²) in [6, 6.07) is 12.6. The lowest BCUT2D eigenvalue weighted by molar-refractivity contribution is 0.0994. The number of aromatic nitrogens is 2. The van der Waals surface area contributed by atoms with Crippen molar-refractivity contribution in [3.8, 4) is 0 Å². The van der Waals surface area contributed by atoms with Crippen molar-refractivity contribution in [2.24, 2.45) is 0 Å². The molecule has 1 heterocycles. The van der Waals surface area contributed by atoms with E-state index in [2.05, 4.69) is 4.98 Å². The summed E-state index contributed by atoms with van der Waals surface area (Å²) in [5.41, 5.74) is 3.27. The second-order valence-corrected chi connectivity index (χ2v) is 10.6. The minimum Gasteiger partial charge on any atom is -0.319 e. The Bertz CT molecular complexity index is 1180. The van der Waals surface area contributed by atoms with Crippen molar-refractivity contribution < 1.29 is 13.2 Å². The molecule has 0 N–H and O–H groups in total. The number of rotatable bonds is 9. The molecule has 0 bridgehead atoms. The van der Waals surface area contributed by atoms with Crippen LogP contribution in [0.2, 0.25) is 0 Å². The van der Waals surface area contributed by atoms with Gasteiger partial charge in [-0.05, 0) is 39.0 Å². The van der Waals surface area contributed by atoms with E-state index in [1.54, 1.807) is 18.2 Å². The molecule has 0 saturated carbocycles. The maximum Gasteiger partial charge on any atom is 0.243 e. The van der Waals surface area contributed by atoms with Crippen LogP contribution in [0.5, 0.6) is 0 Å². The predicted octanol–water partition coefficient (Wildman–Crippen LogP) is 4.76. The fraction of sp³-hybridized carbons (Fsp3) is 0.391. The lowest BCUT2D eigenvalue weighted by Crippen LogP contribution is -2.30. The summed E-state index contributed by atoms with van der Waals surface area (Å²) in [6.45, 7) is 11.0.